The summed E-state index contributed by atoms with van der Waals surface area (Å²) in [7, 11) is 1.59. The number of rotatable bonds is 3. The number of amides is 1. The molecular formula is C21H15Cl2NO3. The highest BCUT2D eigenvalue weighted by atomic mass is 35.5. The molecule has 0 aliphatic carbocycles. The van der Waals surface area contributed by atoms with Crippen molar-refractivity contribution in [1.29, 1.82) is 0 Å². The summed E-state index contributed by atoms with van der Waals surface area (Å²) in [5.41, 5.74) is 1.52. The molecule has 0 radical (unpaired) electrons. The molecule has 136 valence electrons. The van der Waals surface area contributed by atoms with Gasteiger partial charge in [0.05, 0.1) is 28.4 Å². The van der Waals surface area contributed by atoms with Gasteiger partial charge >= 0.3 is 0 Å². The number of carbonyl (C=O) groups excluding carboxylic acids is 1. The first-order chi connectivity index (χ1) is 13.0. The van der Waals surface area contributed by atoms with Crippen LogP contribution in [0.25, 0.3) is 21.7 Å². The maximum absolute atomic E-state index is 13.1. The number of halogens is 2. The summed E-state index contributed by atoms with van der Waals surface area (Å²) in [5.74, 6) is 0.870. The lowest BCUT2D eigenvalue weighted by Gasteiger charge is -2.09. The van der Waals surface area contributed by atoms with Crippen LogP contribution in [0.5, 0.6) is 5.75 Å². The number of benzene rings is 3. The third-order valence-corrected chi connectivity index (χ3v) is 5.11. The molecule has 0 bridgehead atoms. The average Bonchev–Trinajstić information content (AvgIpc) is 2.99. The lowest BCUT2D eigenvalue weighted by molar-refractivity contribution is 0.102. The van der Waals surface area contributed by atoms with Gasteiger partial charge in [0, 0.05) is 16.8 Å². The largest absolute Gasteiger partial charge is 0.497 e. The second-order valence-electron chi connectivity index (χ2n) is 6.11. The zero-order valence-electron chi connectivity index (χ0n) is 14.6. The highest BCUT2D eigenvalue weighted by molar-refractivity contribution is 6.38. The van der Waals surface area contributed by atoms with E-state index >= 15 is 0 Å². The van der Waals surface area contributed by atoms with Crippen molar-refractivity contribution < 1.29 is 13.9 Å². The van der Waals surface area contributed by atoms with E-state index in [4.69, 9.17) is 32.4 Å². The number of carbonyl (C=O) groups is 1. The Morgan fingerprint density at radius 1 is 1.04 bits per heavy atom. The highest BCUT2D eigenvalue weighted by Gasteiger charge is 2.22. The van der Waals surface area contributed by atoms with Gasteiger partial charge in [0.25, 0.3) is 5.91 Å². The summed E-state index contributed by atoms with van der Waals surface area (Å²) in [6.45, 7) is 1.75. The van der Waals surface area contributed by atoms with Gasteiger partial charge in [-0.15, -0.1) is 0 Å². The van der Waals surface area contributed by atoms with Crippen molar-refractivity contribution in [3.63, 3.8) is 0 Å². The van der Waals surface area contributed by atoms with E-state index in [1.54, 1.807) is 38.3 Å². The van der Waals surface area contributed by atoms with Crippen LogP contribution >= 0.6 is 23.2 Å². The Kier molecular flexibility index (Phi) is 4.46. The van der Waals surface area contributed by atoms with Crippen molar-refractivity contribution in [1.82, 2.24) is 0 Å². The molecule has 0 atom stereocenters. The number of methoxy groups -OCH3 is 1. The number of furan rings is 1. The van der Waals surface area contributed by atoms with E-state index in [-0.39, 0.29) is 5.91 Å². The van der Waals surface area contributed by atoms with Gasteiger partial charge < -0.3 is 14.5 Å². The Morgan fingerprint density at radius 3 is 2.56 bits per heavy atom. The van der Waals surface area contributed by atoms with Crippen LogP contribution in [0, 0.1) is 6.92 Å². The third kappa shape index (κ3) is 3.01. The molecule has 1 amide bonds. The fourth-order valence-electron chi connectivity index (χ4n) is 3.21. The Bertz CT molecular complexity index is 1200. The summed E-state index contributed by atoms with van der Waals surface area (Å²) >= 11 is 12.6. The summed E-state index contributed by atoms with van der Waals surface area (Å²) in [4.78, 5) is 13.1. The molecule has 0 spiro atoms. The summed E-state index contributed by atoms with van der Waals surface area (Å²) in [6.07, 6.45) is 0. The predicted octanol–water partition coefficient (Wildman–Crippen LogP) is 6.46. The number of ether oxygens (including phenoxy) is 1. The molecule has 0 aliphatic heterocycles. The first kappa shape index (κ1) is 17.7. The molecule has 1 N–H and O–H groups in total. The fraction of sp³-hybridized carbons (Fsp3) is 0.0952. The molecule has 0 fully saturated rings. The van der Waals surface area contributed by atoms with Gasteiger partial charge in [-0.2, -0.15) is 0 Å². The highest BCUT2D eigenvalue weighted by Crippen LogP contribution is 2.38. The molecule has 0 saturated heterocycles. The molecule has 3 aromatic carbocycles. The maximum atomic E-state index is 13.1. The van der Waals surface area contributed by atoms with Crippen LogP contribution in [0.15, 0.2) is 52.9 Å². The number of hydrogen-bond donors (Lipinski definition) is 1. The van der Waals surface area contributed by atoms with Crippen LogP contribution < -0.4 is 10.1 Å². The second-order valence-corrected chi connectivity index (χ2v) is 6.92. The van der Waals surface area contributed by atoms with E-state index in [0.29, 0.717) is 43.8 Å². The van der Waals surface area contributed by atoms with Crippen LogP contribution in [-0.2, 0) is 0 Å². The number of anilines is 1. The number of para-hydroxylation sites is 1. The lowest BCUT2D eigenvalue weighted by atomic mass is 10.0. The molecule has 0 unspecified atom stereocenters. The van der Waals surface area contributed by atoms with Gasteiger partial charge in [-0.05, 0) is 42.6 Å². The van der Waals surface area contributed by atoms with E-state index in [1.807, 2.05) is 24.3 Å². The zero-order valence-corrected chi connectivity index (χ0v) is 16.1. The molecule has 4 nitrogen and oxygen atoms in total. The van der Waals surface area contributed by atoms with Crippen molar-refractivity contribution in [2.24, 2.45) is 0 Å². The van der Waals surface area contributed by atoms with Crippen LogP contribution in [0.1, 0.15) is 16.1 Å². The first-order valence-corrected chi connectivity index (χ1v) is 9.00. The molecule has 1 aromatic heterocycles. The van der Waals surface area contributed by atoms with E-state index in [1.165, 1.54) is 0 Å². The van der Waals surface area contributed by atoms with Crippen molar-refractivity contribution in [2.75, 3.05) is 12.4 Å². The molecule has 27 heavy (non-hydrogen) atoms. The molecule has 6 heteroatoms. The summed E-state index contributed by atoms with van der Waals surface area (Å²) < 4.78 is 11.2. The van der Waals surface area contributed by atoms with Gasteiger partial charge in [-0.3, -0.25) is 4.79 Å². The van der Waals surface area contributed by atoms with Crippen LogP contribution in [0.2, 0.25) is 10.0 Å². The summed E-state index contributed by atoms with van der Waals surface area (Å²) in [5, 5.41) is 6.17. The lowest BCUT2D eigenvalue weighted by Crippen LogP contribution is -2.13. The third-order valence-electron chi connectivity index (χ3n) is 4.47. The molecular weight excluding hydrogens is 385 g/mol. The smallest absolute Gasteiger partial charge is 0.259 e. The average molecular weight is 400 g/mol. The van der Waals surface area contributed by atoms with Crippen LogP contribution in [0.3, 0.4) is 0 Å². The minimum Gasteiger partial charge on any atom is -0.497 e. The molecule has 4 rings (SSSR count). The monoisotopic (exact) mass is 399 g/mol. The van der Waals surface area contributed by atoms with E-state index in [0.717, 1.165) is 10.8 Å². The van der Waals surface area contributed by atoms with Crippen molar-refractivity contribution in [3.8, 4) is 5.75 Å². The van der Waals surface area contributed by atoms with Crippen molar-refractivity contribution in [2.45, 2.75) is 6.92 Å². The Balaban J connectivity index is 1.95. The SMILES string of the molecule is COc1ccc2c(Cl)cc3oc(C)c(C(=O)Nc4ccccc4Cl)c3c2c1. The van der Waals surface area contributed by atoms with E-state index < -0.39 is 0 Å². The predicted molar refractivity (Wildman–Crippen MR) is 109 cm³/mol. The van der Waals surface area contributed by atoms with Crippen molar-refractivity contribution in [3.05, 3.63) is 69.9 Å². The Morgan fingerprint density at radius 2 is 1.81 bits per heavy atom. The molecule has 0 saturated carbocycles. The fourth-order valence-corrected chi connectivity index (χ4v) is 3.66. The Hall–Kier alpha value is -2.69. The molecule has 1 heterocycles. The minimum absolute atomic E-state index is 0.300. The van der Waals surface area contributed by atoms with Crippen molar-refractivity contribution >= 4 is 56.5 Å². The van der Waals surface area contributed by atoms with Gasteiger partial charge in [-0.1, -0.05) is 35.3 Å². The van der Waals surface area contributed by atoms with Gasteiger partial charge in [0.1, 0.15) is 17.1 Å². The summed E-state index contributed by atoms with van der Waals surface area (Å²) in [6, 6.07) is 14.4. The van der Waals surface area contributed by atoms with E-state index in [9.17, 15) is 4.79 Å². The Labute approximate surface area is 165 Å². The quantitative estimate of drug-likeness (QED) is 0.429. The van der Waals surface area contributed by atoms with Crippen LogP contribution in [0.4, 0.5) is 5.69 Å². The van der Waals surface area contributed by atoms with E-state index in [2.05, 4.69) is 5.32 Å². The number of fused-ring (bicyclic) bond motifs is 3. The minimum atomic E-state index is -0.300. The normalized spacial score (nSPS) is 11.1. The number of hydrogen-bond acceptors (Lipinski definition) is 3. The second kappa shape index (κ2) is 6.80. The first-order valence-electron chi connectivity index (χ1n) is 8.25. The number of nitrogens with one attached hydrogen (secondary N) is 1. The van der Waals surface area contributed by atoms with Crippen LogP contribution in [-0.4, -0.2) is 13.0 Å². The van der Waals surface area contributed by atoms with Gasteiger partial charge in [-0.25, -0.2) is 0 Å². The van der Waals surface area contributed by atoms with Gasteiger partial charge in [0.2, 0.25) is 0 Å². The maximum Gasteiger partial charge on any atom is 0.259 e. The van der Waals surface area contributed by atoms with Gasteiger partial charge in [0.15, 0.2) is 0 Å². The molecule has 0 aliphatic rings. The zero-order chi connectivity index (χ0) is 19.1. The topological polar surface area (TPSA) is 51.5 Å². The number of aryl methyl sites for hydroxylation is 1. The standard InChI is InChI=1S/C21H15Cl2NO3/c1-11-19(21(25)24-17-6-4-3-5-15(17)22)20-14-9-12(26-2)7-8-13(14)16(23)10-18(20)27-11/h3-10H,1-2H3,(H,24,25). The molecule has 4 aromatic rings.